The van der Waals surface area contributed by atoms with Gasteiger partial charge in [0.15, 0.2) is 0 Å². The Balaban J connectivity index is 1.76. The Morgan fingerprint density at radius 3 is 3.19 bits per heavy atom. The number of carbonyl (C=O) groups excluding carboxylic acids is 1. The molecule has 0 saturated carbocycles. The lowest BCUT2D eigenvalue weighted by Gasteiger charge is -2.11. The third-order valence-electron chi connectivity index (χ3n) is 2.58. The third-order valence-corrected chi connectivity index (χ3v) is 3.36. The predicted octanol–water partition coefficient (Wildman–Crippen LogP) is 0.266. The zero-order chi connectivity index (χ0) is 11.4. The quantitative estimate of drug-likeness (QED) is 0.793. The molecule has 1 aromatic heterocycles. The van der Waals surface area contributed by atoms with Gasteiger partial charge in [0.05, 0.1) is 18.2 Å². The SMILES string of the molecule is NCC1CCC(C(=O)NCc2cncs2)O1. The molecule has 6 heteroatoms. The van der Waals surface area contributed by atoms with Crippen molar-refractivity contribution in [3.8, 4) is 0 Å². The van der Waals surface area contributed by atoms with Gasteiger partial charge in [0, 0.05) is 17.6 Å². The van der Waals surface area contributed by atoms with E-state index < -0.39 is 0 Å². The standard InChI is InChI=1S/C10H15N3O2S/c11-3-7-1-2-9(15-7)10(14)13-5-8-4-12-6-16-8/h4,6-7,9H,1-3,5,11H2,(H,13,14). The molecule has 2 unspecified atom stereocenters. The number of nitrogens with one attached hydrogen (secondary N) is 1. The molecular formula is C10H15N3O2S. The fourth-order valence-corrected chi connectivity index (χ4v) is 2.22. The van der Waals surface area contributed by atoms with Crippen molar-refractivity contribution in [2.24, 2.45) is 5.73 Å². The van der Waals surface area contributed by atoms with Crippen LogP contribution in [0.25, 0.3) is 0 Å². The van der Waals surface area contributed by atoms with E-state index in [1.54, 1.807) is 11.7 Å². The highest BCUT2D eigenvalue weighted by Gasteiger charge is 2.29. The number of rotatable bonds is 4. The maximum atomic E-state index is 11.7. The first-order chi connectivity index (χ1) is 7.79. The molecule has 0 spiro atoms. The average Bonchev–Trinajstić information content (AvgIpc) is 2.96. The van der Waals surface area contributed by atoms with E-state index in [4.69, 9.17) is 10.5 Å². The minimum absolute atomic E-state index is 0.0409. The van der Waals surface area contributed by atoms with Crippen LogP contribution >= 0.6 is 11.3 Å². The van der Waals surface area contributed by atoms with Crippen LogP contribution in [0.15, 0.2) is 11.7 Å². The Morgan fingerprint density at radius 1 is 1.69 bits per heavy atom. The Morgan fingerprint density at radius 2 is 2.56 bits per heavy atom. The summed E-state index contributed by atoms with van der Waals surface area (Å²) in [6, 6.07) is 0. The lowest BCUT2D eigenvalue weighted by Crippen LogP contribution is -2.34. The van der Waals surface area contributed by atoms with Crippen LogP contribution in [0, 0.1) is 0 Å². The van der Waals surface area contributed by atoms with Gasteiger partial charge in [-0.2, -0.15) is 0 Å². The number of carbonyl (C=O) groups is 1. The summed E-state index contributed by atoms with van der Waals surface area (Å²) in [7, 11) is 0. The van der Waals surface area contributed by atoms with Gasteiger partial charge in [0.1, 0.15) is 6.10 Å². The molecule has 88 valence electrons. The van der Waals surface area contributed by atoms with Gasteiger partial charge < -0.3 is 15.8 Å². The number of thiazole rings is 1. The third kappa shape index (κ3) is 2.78. The molecule has 0 aromatic carbocycles. The van der Waals surface area contributed by atoms with E-state index in [-0.39, 0.29) is 18.1 Å². The van der Waals surface area contributed by atoms with Gasteiger partial charge in [-0.15, -0.1) is 11.3 Å². The van der Waals surface area contributed by atoms with Crippen molar-refractivity contribution in [3.05, 3.63) is 16.6 Å². The van der Waals surface area contributed by atoms with Crippen molar-refractivity contribution in [1.82, 2.24) is 10.3 Å². The van der Waals surface area contributed by atoms with E-state index in [0.717, 1.165) is 17.7 Å². The Kier molecular flexibility index (Phi) is 3.87. The second-order valence-corrected chi connectivity index (χ2v) is 4.72. The molecule has 3 N–H and O–H groups in total. The van der Waals surface area contributed by atoms with E-state index in [2.05, 4.69) is 10.3 Å². The molecule has 0 aliphatic carbocycles. The van der Waals surface area contributed by atoms with Gasteiger partial charge in [0.25, 0.3) is 0 Å². The minimum Gasteiger partial charge on any atom is -0.364 e. The van der Waals surface area contributed by atoms with Crippen LogP contribution in [-0.2, 0) is 16.1 Å². The van der Waals surface area contributed by atoms with Crippen molar-refractivity contribution in [2.45, 2.75) is 31.6 Å². The van der Waals surface area contributed by atoms with Gasteiger partial charge in [-0.05, 0) is 12.8 Å². The van der Waals surface area contributed by atoms with Crippen LogP contribution in [0.3, 0.4) is 0 Å². The smallest absolute Gasteiger partial charge is 0.249 e. The summed E-state index contributed by atoms with van der Waals surface area (Å²) in [4.78, 5) is 16.7. The molecular weight excluding hydrogens is 226 g/mol. The molecule has 1 aliphatic rings. The zero-order valence-corrected chi connectivity index (χ0v) is 9.70. The summed E-state index contributed by atoms with van der Waals surface area (Å²) in [6.07, 6.45) is 3.09. The summed E-state index contributed by atoms with van der Waals surface area (Å²) >= 11 is 1.53. The fraction of sp³-hybridized carbons (Fsp3) is 0.600. The number of nitrogens with zero attached hydrogens (tertiary/aromatic N) is 1. The number of ether oxygens (including phenoxy) is 1. The van der Waals surface area contributed by atoms with Crippen LogP contribution in [0.5, 0.6) is 0 Å². The maximum Gasteiger partial charge on any atom is 0.249 e. The Hall–Kier alpha value is -0.980. The van der Waals surface area contributed by atoms with Crippen LogP contribution in [0.1, 0.15) is 17.7 Å². The van der Waals surface area contributed by atoms with Crippen LogP contribution in [0.2, 0.25) is 0 Å². The first-order valence-electron chi connectivity index (χ1n) is 5.30. The fourth-order valence-electron chi connectivity index (χ4n) is 1.69. The minimum atomic E-state index is -0.332. The molecule has 0 bridgehead atoms. The molecule has 1 saturated heterocycles. The Labute approximate surface area is 98.0 Å². The molecule has 1 amide bonds. The molecule has 1 fully saturated rings. The van der Waals surface area contributed by atoms with Gasteiger partial charge in [-0.3, -0.25) is 9.78 Å². The molecule has 1 aromatic rings. The van der Waals surface area contributed by atoms with Crippen molar-refractivity contribution >= 4 is 17.2 Å². The van der Waals surface area contributed by atoms with E-state index in [1.165, 1.54) is 11.3 Å². The monoisotopic (exact) mass is 241 g/mol. The normalized spacial score (nSPS) is 24.6. The number of hydrogen-bond donors (Lipinski definition) is 2. The average molecular weight is 241 g/mol. The molecule has 1 aliphatic heterocycles. The number of amides is 1. The molecule has 2 atom stereocenters. The highest BCUT2D eigenvalue weighted by atomic mass is 32.1. The highest BCUT2D eigenvalue weighted by Crippen LogP contribution is 2.19. The zero-order valence-electron chi connectivity index (χ0n) is 8.89. The summed E-state index contributed by atoms with van der Waals surface area (Å²) in [5, 5.41) is 2.84. The van der Waals surface area contributed by atoms with Gasteiger partial charge >= 0.3 is 0 Å². The van der Waals surface area contributed by atoms with E-state index in [0.29, 0.717) is 13.1 Å². The molecule has 2 heterocycles. The second-order valence-electron chi connectivity index (χ2n) is 3.75. The van der Waals surface area contributed by atoms with E-state index in [1.807, 2.05) is 0 Å². The summed E-state index contributed by atoms with van der Waals surface area (Å²) < 4.78 is 5.49. The molecule has 16 heavy (non-hydrogen) atoms. The highest BCUT2D eigenvalue weighted by molar-refractivity contribution is 7.09. The lowest BCUT2D eigenvalue weighted by molar-refractivity contribution is -0.132. The summed E-state index contributed by atoms with van der Waals surface area (Å²) in [5.41, 5.74) is 7.23. The molecule has 2 rings (SSSR count). The lowest BCUT2D eigenvalue weighted by atomic mass is 10.2. The summed E-state index contributed by atoms with van der Waals surface area (Å²) in [6.45, 7) is 1.01. The predicted molar refractivity (Wildman–Crippen MR) is 60.9 cm³/mol. The second kappa shape index (κ2) is 5.38. The Bertz CT molecular complexity index is 342. The first kappa shape index (κ1) is 11.5. The first-order valence-corrected chi connectivity index (χ1v) is 6.18. The number of hydrogen-bond acceptors (Lipinski definition) is 5. The molecule has 0 radical (unpaired) electrons. The van der Waals surface area contributed by atoms with E-state index in [9.17, 15) is 4.79 Å². The van der Waals surface area contributed by atoms with Crippen LogP contribution < -0.4 is 11.1 Å². The van der Waals surface area contributed by atoms with Gasteiger partial charge in [0.2, 0.25) is 5.91 Å². The number of aromatic nitrogens is 1. The largest absolute Gasteiger partial charge is 0.364 e. The van der Waals surface area contributed by atoms with Crippen molar-refractivity contribution in [3.63, 3.8) is 0 Å². The van der Waals surface area contributed by atoms with E-state index >= 15 is 0 Å². The maximum absolute atomic E-state index is 11.7. The van der Waals surface area contributed by atoms with Crippen molar-refractivity contribution < 1.29 is 9.53 Å². The van der Waals surface area contributed by atoms with Gasteiger partial charge in [-0.1, -0.05) is 0 Å². The van der Waals surface area contributed by atoms with Crippen LogP contribution in [-0.4, -0.2) is 29.6 Å². The molecule has 5 nitrogen and oxygen atoms in total. The van der Waals surface area contributed by atoms with Crippen LogP contribution in [0.4, 0.5) is 0 Å². The van der Waals surface area contributed by atoms with Gasteiger partial charge in [-0.25, -0.2) is 0 Å². The topological polar surface area (TPSA) is 77.2 Å². The summed E-state index contributed by atoms with van der Waals surface area (Å²) in [5.74, 6) is -0.0515. The van der Waals surface area contributed by atoms with Crippen molar-refractivity contribution in [1.29, 1.82) is 0 Å². The number of nitrogens with two attached hydrogens (primary N) is 1. The van der Waals surface area contributed by atoms with Crippen molar-refractivity contribution in [2.75, 3.05) is 6.54 Å².